The van der Waals surface area contributed by atoms with E-state index in [1.165, 1.54) is 54.6 Å². The number of nitrogens with zero attached hydrogens (tertiary/aromatic N) is 1. The van der Waals surface area contributed by atoms with Crippen molar-refractivity contribution in [2.24, 2.45) is 0 Å². The maximum Gasteiger partial charge on any atom is 0.335 e. The van der Waals surface area contributed by atoms with Crippen molar-refractivity contribution in [1.29, 1.82) is 5.26 Å². The summed E-state index contributed by atoms with van der Waals surface area (Å²) in [5, 5.41) is 21.4. The molecule has 0 fully saturated rings. The number of nitriles is 1. The lowest BCUT2D eigenvalue weighted by Crippen LogP contribution is -2.13. The molecule has 0 radical (unpaired) electrons. The third kappa shape index (κ3) is 6.32. The number of carboxylic acid groups (broad SMARTS) is 1. The molecule has 0 saturated heterocycles. The first-order valence-corrected chi connectivity index (χ1v) is 10.1. The zero-order valence-electron chi connectivity index (χ0n) is 16.8. The van der Waals surface area contributed by atoms with E-state index in [1.54, 1.807) is 12.1 Å². The summed E-state index contributed by atoms with van der Waals surface area (Å²) < 4.78 is 18.9. The molecule has 0 saturated carbocycles. The van der Waals surface area contributed by atoms with Crippen molar-refractivity contribution in [2.45, 2.75) is 6.61 Å². The molecule has 33 heavy (non-hydrogen) atoms. The van der Waals surface area contributed by atoms with Gasteiger partial charge in [-0.2, -0.15) is 5.26 Å². The molecule has 0 aromatic heterocycles. The Hall–Kier alpha value is -3.86. The number of amides is 1. The number of rotatable bonds is 7. The van der Waals surface area contributed by atoms with Crippen LogP contribution in [0.15, 0.2) is 66.2 Å². The van der Waals surface area contributed by atoms with Gasteiger partial charge in [0.15, 0.2) is 0 Å². The van der Waals surface area contributed by atoms with E-state index in [1.807, 2.05) is 6.07 Å². The van der Waals surface area contributed by atoms with Crippen LogP contribution in [0.4, 0.5) is 10.1 Å². The lowest BCUT2D eigenvalue weighted by atomic mass is 10.1. The van der Waals surface area contributed by atoms with E-state index in [0.717, 1.165) is 0 Å². The quantitative estimate of drug-likeness (QED) is 0.318. The molecular weight excluding hydrogens is 470 g/mol. The SMILES string of the molecule is N#C/C(=C\c1cc(Cl)cc(Cl)c1OCc1ccc(C(=O)O)cc1)C(=O)Nc1ccc(F)cc1. The molecule has 2 N–H and O–H groups in total. The predicted octanol–water partition coefficient (Wildman–Crippen LogP) is 5.96. The number of halogens is 3. The molecule has 3 aromatic carbocycles. The molecular formula is C24H15Cl2FN2O4. The molecule has 166 valence electrons. The first-order valence-electron chi connectivity index (χ1n) is 9.39. The van der Waals surface area contributed by atoms with Gasteiger partial charge in [0, 0.05) is 16.3 Å². The molecule has 0 unspecified atom stereocenters. The number of carbonyl (C=O) groups is 2. The van der Waals surface area contributed by atoms with E-state index in [2.05, 4.69) is 5.32 Å². The lowest BCUT2D eigenvalue weighted by molar-refractivity contribution is -0.112. The van der Waals surface area contributed by atoms with Gasteiger partial charge in [0.25, 0.3) is 5.91 Å². The van der Waals surface area contributed by atoms with Crippen LogP contribution in [0.1, 0.15) is 21.5 Å². The summed E-state index contributed by atoms with van der Waals surface area (Å²) >= 11 is 12.4. The average Bonchev–Trinajstić information content (AvgIpc) is 2.78. The molecule has 0 aliphatic carbocycles. The maximum absolute atomic E-state index is 13.1. The molecule has 0 aliphatic heterocycles. The topological polar surface area (TPSA) is 99.4 Å². The average molecular weight is 485 g/mol. The second-order valence-electron chi connectivity index (χ2n) is 6.73. The second-order valence-corrected chi connectivity index (χ2v) is 7.57. The van der Waals surface area contributed by atoms with Crippen molar-refractivity contribution in [3.8, 4) is 11.8 Å². The van der Waals surface area contributed by atoms with E-state index < -0.39 is 17.7 Å². The minimum atomic E-state index is -1.04. The van der Waals surface area contributed by atoms with Crippen molar-refractivity contribution >= 4 is 46.8 Å². The maximum atomic E-state index is 13.1. The zero-order valence-corrected chi connectivity index (χ0v) is 18.3. The number of aromatic carboxylic acids is 1. The van der Waals surface area contributed by atoms with Gasteiger partial charge in [0.1, 0.15) is 29.8 Å². The molecule has 0 aliphatic rings. The van der Waals surface area contributed by atoms with Crippen LogP contribution < -0.4 is 10.1 Å². The van der Waals surface area contributed by atoms with Gasteiger partial charge in [-0.1, -0.05) is 35.3 Å². The van der Waals surface area contributed by atoms with Gasteiger partial charge in [-0.15, -0.1) is 0 Å². The molecule has 0 bridgehead atoms. The van der Waals surface area contributed by atoms with Crippen molar-refractivity contribution in [3.05, 3.63) is 98.8 Å². The number of hydrogen-bond donors (Lipinski definition) is 2. The third-order valence-electron chi connectivity index (χ3n) is 4.39. The molecule has 1 amide bonds. The smallest absolute Gasteiger partial charge is 0.335 e. The highest BCUT2D eigenvalue weighted by Crippen LogP contribution is 2.34. The first-order chi connectivity index (χ1) is 15.8. The number of carboxylic acids is 1. The second kappa shape index (κ2) is 10.6. The minimum absolute atomic E-state index is 0.0474. The van der Waals surface area contributed by atoms with E-state index in [0.29, 0.717) is 16.8 Å². The summed E-state index contributed by atoms with van der Waals surface area (Å²) in [7, 11) is 0. The Morgan fingerprint density at radius 2 is 1.76 bits per heavy atom. The van der Waals surface area contributed by atoms with Crippen molar-refractivity contribution < 1.29 is 23.8 Å². The Balaban J connectivity index is 1.85. The van der Waals surface area contributed by atoms with E-state index in [9.17, 15) is 19.2 Å². The van der Waals surface area contributed by atoms with Gasteiger partial charge in [-0.3, -0.25) is 4.79 Å². The lowest BCUT2D eigenvalue weighted by Gasteiger charge is -2.13. The van der Waals surface area contributed by atoms with Crippen LogP contribution >= 0.6 is 23.2 Å². The largest absolute Gasteiger partial charge is 0.487 e. The van der Waals surface area contributed by atoms with Crippen LogP contribution in [0.25, 0.3) is 6.08 Å². The zero-order chi connectivity index (χ0) is 24.0. The molecule has 0 atom stereocenters. The fourth-order valence-electron chi connectivity index (χ4n) is 2.77. The minimum Gasteiger partial charge on any atom is -0.487 e. The Bertz CT molecular complexity index is 1270. The van der Waals surface area contributed by atoms with E-state index >= 15 is 0 Å². The summed E-state index contributed by atoms with van der Waals surface area (Å²) in [4.78, 5) is 23.5. The number of anilines is 1. The van der Waals surface area contributed by atoms with Gasteiger partial charge >= 0.3 is 5.97 Å². The van der Waals surface area contributed by atoms with Gasteiger partial charge in [0.2, 0.25) is 0 Å². The van der Waals surface area contributed by atoms with Gasteiger partial charge in [-0.05, 0) is 60.2 Å². The van der Waals surface area contributed by atoms with Crippen molar-refractivity contribution in [3.63, 3.8) is 0 Å². The molecule has 9 heteroatoms. The van der Waals surface area contributed by atoms with Gasteiger partial charge in [-0.25, -0.2) is 9.18 Å². The molecule has 0 spiro atoms. The first kappa shape index (κ1) is 23.8. The Labute approximate surface area is 198 Å². The number of benzene rings is 3. The highest BCUT2D eigenvalue weighted by molar-refractivity contribution is 6.36. The standard InChI is InChI=1S/C24H15Cl2FN2O4/c25-18-10-16(9-17(12-28)23(30)29-20-7-5-19(27)6-8-20)22(21(26)11-18)33-13-14-1-3-15(4-2-14)24(31)32/h1-11H,13H2,(H,29,30)(H,31,32)/b17-9+. The monoisotopic (exact) mass is 484 g/mol. The summed E-state index contributed by atoms with van der Waals surface area (Å²) in [6.45, 7) is 0.0474. The van der Waals surface area contributed by atoms with Crippen molar-refractivity contribution in [2.75, 3.05) is 5.32 Å². The van der Waals surface area contributed by atoms with E-state index in [4.69, 9.17) is 33.0 Å². The van der Waals surface area contributed by atoms with Gasteiger partial charge < -0.3 is 15.2 Å². The highest BCUT2D eigenvalue weighted by atomic mass is 35.5. The third-order valence-corrected chi connectivity index (χ3v) is 4.89. The fraction of sp³-hybridized carbons (Fsp3) is 0.0417. The predicted molar refractivity (Wildman–Crippen MR) is 123 cm³/mol. The number of carbonyl (C=O) groups excluding carboxylic acids is 1. The summed E-state index contributed by atoms with van der Waals surface area (Å²) in [6.07, 6.45) is 1.28. The number of nitrogens with one attached hydrogen (secondary N) is 1. The highest BCUT2D eigenvalue weighted by Gasteiger charge is 2.15. The molecule has 6 nitrogen and oxygen atoms in total. The van der Waals surface area contributed by atoms with Crippen LogP contribution in [0.2, 0.25) is 10.0 Å². The van der Waals surface area contributed by atoms with Crippen LogP contribution in [0.5, 0.6) is 5.75 Å². The van der Waals surface area contributed by atoms with Gasteiger partial charge in [0.05, 0.1) is 10.6 Å². The van der Waals surface area contributed by atoms with Crippen LogP contribution in [-0.2, 0) is 11.4 Å². The summed E-state index contributed by atoms with van der Waals surface area (Å²) in [5.41, 5.74) is 1.16. The van der Waals surface area contributed by atoms with Crippen molar-refractivity contribution in [1.82, 2.24) is 0 Å². The van der Waals surface area contributed by atoms with Crippen LogP contribution in [0, 0.1) is 17.1 Å². The molecule has 0 heterocycles. The Morgan fingerprint density at radius 1 is 1.09 bits per heavy atom. The normalized spacial score (nSPS) is 10.9. The van der Waals surface area contributed by atoms with Crippen LogP contribution in [-0.4, -0.2) is 17.0 Å². The number of ether oxygens (including phenoxy) is 1. The summed E-state index contributed by atoms with van der Waals surface area (Å²) in [5.74, 6) is -2.03. The summed E-state index contributed by atoms with van der Waals surface area (Å²) in [6, 6.07) is 15.9. The van der Waals surface area contributed by atoms with Crippen LogP contribution in [0.3, 0.4) is 0 Å². The fourth-order valence-corrected chi connectivity index (χ4v) is 3.34. The Morgan fingerprint density at radius 3 is 2.36 bits per heavy atom. The van der Waals surface area contributed by atoms with E-state index in [-0.39, 0.29) is 33.5 Å². The Kier molecular flexibility index (Phi) is 7.67. The molecule has 3 aromatic rings. The number of hydrogen-bond acceptors (Lipinski definition) is 4. The molecule has 3 rings (SSSR count).